The van der Waals surface area contributed by atoms with Crippen LogP contribution in [0.1, 0.15) is 43.2 Å². The molecule has 21 heavy (non-hydrogen) atoms. The first-order valence-electron chi connectivity index (χ1n) is 7.90. The summed E-state index contributed by atoms with van der Waals surface area (Å²) in [5.41, 5.74) is 7.85. The molecule has 1 aliphatic heterocycles. The van der Waals surface area contributed by atoms with E-state index in [4.69, 9.17) is 22.7 Å². The summed E-state index contributed by atoms with van der Waals surface area (Å²) in [5, 5.41) is 0. The van der Waals surface area contributed by atoms with Crippen LogP contribution in [0.25, 0.3) is 0 Å². The van der Waals surface area contributed by atoms with E-state index in [9.17, 15) is 0 Å². The predicted molar refractivity (Wildman–Crippen MR) is 89.7 cm³/mol. The van der Waals surface area contributed by atoms with E-state index in [2.05, 4.69) is 17.0 Å². The fraction of sp³-hybridized carbons (Fsp3) is 0.588. The van der Waals surface area contributed by atoms with Crippen LogP contribution in [0.15, 0.2) is 18.2 Å². The van der Waals surface area contributed by atoms with Gasteiger partial charge in [0.05, 0.1) is 12.7 Å². The molecule has 2 N–H and O–H groups in total. The van der Waals surface area contributed by atoms with Gasteiger partial charge in [-0.2, -0.15) is 0 Å². The summed E-state index contributed by atoms with van der Waals surface area (Å²) in [4.78, 5) is 3.05. The van der Waals surface area contributed by atoms with E-state index in [1.165, 1.54) is 44.2 Å². The summed E-state index contributed by atoms with van der Waals surface area (Å²) in [5.74, 6) is 1.72. The van der Waals surface area contributed by atoms with Crippen LogP contribution in [0.4, 0.5) is 0 Å². The van der Waals surface area contributed by atoms with E-state index in [0.717, 1.165) is 29.8 Å². The summed E-state index contributed by atoms with van der Waals surface area (Å²) in [7, 11) is 1.67. The highest BCUT2D eigenvalue weighted by atomic mass is 32.1. The van der Waals surface area contributed by atoms with Crippen LogP contribution in [0.3, 0.4) is 0 Å². The zero-order chi connectivity index (χ0) is 14.8. The Kier molecular flexibility index (Phi) is 4.45. The molecule has 1 aromatic rings. The Morgan fingerprint density at radius 2 is 2.14 bits per heavy atom. The molecule has 0 bridgehead atoms. The van der Waals surface area contributed by atoms with E-state index < -0.39 is 0 Å². The molecule has 0 spiro atoms. The number of nitrogens with zero attached hydrogens (tertiary/aromatic N) is 1. The average Bonchev–Trinajstić information content (AvgIpc) is 2.90. The number of fused-ring (bicyclic) bond motifs is 1. The van der Waals surface area contributed by atoms with Gasteiger partial charge in [-0.05, 0) is 49.4 Å². The molecule has 0 radical (unpaired) electrons. The second-order valence-electron chi connectivity index (χ2n) is 6.27. The molecule has 1 saturated carbocycles. The first-order chi connectivity index (χ1) is 10.2. The smallest absolute Gasteiger partial charge is 0.129 e. The molecule has 0 aromatic heterocycles. The van der Waals surface area contributed by atoms with Crippen molar-refractivity contribution in [1.82, 2.24) is 4.90 Å². The molecule has 0 amide bonds. The van der Waals surface area contributed by atoms with Crippen LogP contribution >= 0.6 is 12.2 Å². The van der Waals surface area contributed by atoms with Gasteiger partial charge in [-0.25, -0.2) is 0 Å². The number of hydrogen-bond donors (Lipinski definition) is 1. The number of methoxy groups -OCH3 is 1. The highest BCUT2D eigenvalue weighted by molar-refractivity contribution is 7.80. The van der Waals surface area contributed by atoms with E-state index in [-0.39, 0.29) is 0 Å². The Hall–Kier alpha value is -1.13. The van der Waals surface area contributed by atoms with Gasteiger partial charge in [-0.15, -0.1) is 0 Å². The lowest BCUT2D eigenvalue weighted by atomic mass is 9.85. The number of ether oxygens (including phenoxy) is 1. The SMILES string of the molecule is COc1cc(CN2CCC3CCCCC32)ccc1C(N)=S. The number of hydrogen-bond acceptors (Lipinski definition) is 3. The van der Waals surface area contributed by atoms with Crippen LogP contribution in [0.2, 0.25) is 0 Å². The van der Waals surface area contributed by atoms with E-state index in [1.807, 2.05) is 6.07 Å². The number of benzene rings is 1. The fourth-order valence-corrected chi connectivity index (χ4v) is 4.14. The molecular formula is C17H24N2OS. The second-order valence-corrected chi connectivity index (χ2v) is 6.71. The molecular weight excluding hydrogens is 280 g/mol. The fourth-order valence-electron chi connectivity index (χ4n) is 3.97. The molecule has 2 unspecified atom stereocenters. The maximum Gasteiger partial charge on any atom is 0.129 e. The summed E-state index contributed by atoms with van der Waals surface area (Å²) < 4.78 is 5.43. The van der Waals surface area contributed by atoms with Crippen molar-refractivity contribution in [2.45, 2.75) is 44.7 Å². The normalized spacial score (nSPS) is 25.6. The molecule has 3 nitrogen and oxygen atoms in total. The lowest BCUT2D eigenvalue weighted by Gasteiger charge is -2.31. The molecule has 1 aliphatic carbocycles. The summed E-state index contributed by atoms with van der Waals surface area (Å²) in [6.07, 6.45) is 6.97. The largest absolute Gasteiger partial charge is 0.496 e. The molecule has 2 fully saturated rings. The average molecular weight is 304 g/mol. The number of likely N-dealkylation sites (tertiary alicyclic amines) is 1. The zero-order valence-electron chi connectivity index (χ0n) is 12.7. The Morgan fingerprint density at radius 1 is 1.33 bits per heavy atom. The summed E-state index contributed by atoms with van der Waals surface area (Å²) in [6, 6.07) is 7.00. The van der Waals surface area contributed by atoms with Crippen molar-refractivity contribution in [3.8, 4) is 5.75 Å². The van der Waals surface area contributed by atoms with Crippen molar-refractivity contribution in [2.75, 3.05) is 13.7 Å². The van der Waals surface area contributed by atoms with Crippen molar-refractivity contribution in [1.29, 1.82) is 0 Å². The van der Waals surface area contributed by atoms with E-state index >= 15 is 0 Å². The molecule has 1 saturated heterocycles. The minimum Gasteiger partial charge on any atom is -0.496 e. The highest BCUT2D eigenvalue weighted by Crippen LogP contribution is 2.37. The Balaban J connectivity index is 1.74. The Labute approximate surface area is 132 Å². The lowest BCUT2D eigenvalue weighted by Crippen LogP contribution is -2.34. The predicted octanol–water partition coefficient (Wildman–Crippen LogP) is 3.09. The topological polar surface area (TPSA) is 38.5 Å². The third-order valence-corrected chi connectivity index (χ3v) is 5.26. The van der Waals surface area contributed by atoms with Gasteiger partial charge in [0.2, 0.25) is 0 Å². The van der Waals surface area contributed by atoms with Crippen molar-refractivity contribution >= 4 is 17.2 Å². The van der Waals surface area contributed by atoms with Gasteiger partial charge in [0.1, 0.15) is 10.7 Å². The van der Waals surface area contributed by atoms with E-state index in [1.54, 1.807) is 7.11 Å². The van der Waals surface area contributed by atoms with Crippen LogP contribution in [0.5, 0.6) is 5.75 Å². The standard InChI is InChI=1S/C17H24N2OS/c1-20-16-10-12(6-7-14(16)17(18)21)11-19-9-8-13-4-2-3-5-15(13)19/h6-7,10,13,15H,2-5,8-9,11H2,1H3,(H2,18,21). The minimum atomic E-state index is 0.395. The molecule has 4 heteroatoms. The van der Waals surface area contributed by atoms with Gasteiger partial charge in [0.15, 0.2) is 0 Å². The maximum absolute atomic E-state index is 5.73. The third kappa shape index (κ3) is 3.06. The third-order valence-electron chi connectivity index (χ3n) is 5.04. The van der Waals surface area contributed by atoms with Crippen LogP contribution in [-0.2, 0) is 6.54 Å². The van der Waals surface area contributed by atoms with Crippen molar-refractivity contribution in [3.63, 3.8) is 0 Å². The summed E-state index contributed by atoms with van der Waals surface area (Å²) >= 11 is 5.07. The highest BCUT2D eigenvalue weighted by Gasteiger charge is 2.35. The first-order valence-corrected chi connectivity index (χ1v) is 8.30. The quantitative estimate of drug-likeness (QED) is 0.868. The van der Waals surface area contributed by atoms with Crippen molar-refractivity contribution < 1.29 is 4.74 Å². The van der Waals surface area contributed by atoms with Crippen LogP contribution < -0.4 is 10.5 Å². The molecule has 114 valence electrons. The van der Waals surface area contributed by atoms with Crippen molar-refractivity contribution in [2.24, 2.45) is 11.7 Å². The molecule has 2 atom stereocenters. The Bertz CT molecular complexity index is 532. The van der Waals surface area contributed by atoms with Gasteiger partial charge >= 0.3 is 0 Å². The lowest BCUT2D eigenvalue weighted by molar-refractivity contribution is 0.176. The van der Waals surface area contributed by atoms with Gasteiger partial charge in [0, 0.05) is 12.6 Å². The van der Waals surface area contributed by atoms with Gasteiger partial charge in [0.25, 0.3) is 0 Å². The number of nitrogens with two attached hydrogens (primary N) is 1. The second kappa shape index (κ2) is 6.32. The molecule has 1 heterocycles. The zero-order valence-corrected chi connectivity index (χ0v) is 13.5. The summed E-state index contributed by atoms with van der Waals surface area (Å²) in [6.45, 7) is 2.24. The molecule has 1 aromatic carbocycles. The maximum atomic E-state index is 5.73. The number of rotatable bonds is 4. The van der Waals surface area contributed by atoms with Crippen LogP contribution in [-0.4, -0.2) is 29.6 Å². The van der Waals surface area contributed by atoms with Crippen molar-refractivity contribution in [3.05, 3.63) is 29.3 Å². The van der Waals surface area contributed by atoms with E-state index in [0.29, 0.717) is 4.99 Å². The van der Waals surface area contributed by atoms with Gasteiger partial charge < -0.3 is 10.5 Å². The monoisotopic (exact) mass is 304 g/mol. The number of thiocarbonyl (C=S) groups is 1. The minimum absolute atomic E-state index is 0.395. The molecule has 2 aliphatic rings. The molecule has 3 rings (SSSR count). The van der Waals surface area contributed by atoms with Crippen LogP contribution in [0, 0.1) is 5.92 Å². The van der Waals surface area contributed by atoms with Gasteiger partial charge in [-0.1, -0.05) is 31.1 Å². The Morgan fingerprint density at radius 3 is 2.90 bits per heavy atom. The first kappa shape index (κ1) is 14.8. The van der Waals surface area contributed by atoms with Gasteiger partial charge in [-0.3, -0.25) is 4.90 Å².